The van der Waals surface area contributed by atoms with Gasteiger partial charge in [0, 0.05) is 26.3 Å². The summed E-state index contributed by atoms with van der Waals surface area (Å²) >= 11 is 0. The van der Waals surface area contributed by atoms with Gasteiger partial charge in [-0.1, -0.05) is 17.7 Å². The molecular weight excluding hydrogens is 188 g/mol. The molecule has 0 spiro atoms. The molecule has 2 rings (SSSR count). The first-order valence-electron chi connectivity index (χ1n) is 5.18. The van der Waals surface area contributed by atoms with Crippen LogP contribution in [0.2, 0.25) is 0 Å². The molecule has 3 nitrogen and oxygen atoms in total. The minimum Gasteiger partial charge on any atom is -0.330 e. The summed E-state index contributed by atoms with van der Waals surface area (Å²) in [5, 5.41) is 0. The van der Waals surface area contributed by atoms with Gasteiger partial charge in [0.25, 0.3) is 0 Å². The summed E-state index contributed by atoms with van der Waals surface area (Å²) in [6.45, 7) is 2.88. The second kappa shape index (κ2) is 3.57. The average Bonchev–Trinajstić information content (AvgIpc) is 2.59. The molecule has 0 fully saturated rings. The Bertz CT molecular complexity index is 399. The first-order valence-corrected chi connectivity index (χ1v) is 5.18. The van der Waals surface area contributed by atoms with E-state index in [2.05, 4.69) is 19.1 Å². The summed E-state index contributed by atoms with van der Waals surface area (Å²) in [4.78, 5) is 15.3. The summed E-state index contributed by atoms with van der Waals surface area (Å²) in [7, 11) is 3.57. The lowest BCUT2D eigenvalue weighted by Gasteiger charge is -2.21. The molecule has 3 heteroatoms. The number of benzene rings is 1. The van der Waals surface area contributed by atoms with Crippen molar-refractivity contribution < 1.29 is 4.79 Å². The predicted molar refractivity (Wildman–Crippen MR) is 61.3 cm³/mol. The van der Waals surface area contributed by atoms with Crippen molar-refractivity contribution in [2.75, 3.05) is 25.5 Å². The highest BCUT2D eigenvalue weighted by Crippen LogP contribution is 2.29. The van der Waals surface area contributed by atoms with Crippen LogP contribution in [0.5, 0.6) is 0 Å². The summed E-state index contributed by atoms with van der Waals surface area (Å²) < 4.78 is 0. The van der Waals surface area contributed by atoms with E-state index in [1.165, 1.54) is 11.1 Å². The van der Waals surface area contributed by atoms with Crippen LogP contribution in [0.3, 0.4) is 0 Å². The fourth-order valence-corrected chi connectivity index (χ4v) is 1.97. The number of rotatable bonds is 0. The van der Waals surface area contributed by atoms with Crippen LogP contribution >= 0.6 is 0 Å². The van der Waals surface area contributed by atoms with Crippen molar-refractivity contribution in [3.63, 3.8) is 0 Å². The molecule has 2 amide bonds. The average molecular weight is 204 g/mol. The number of aryl methyl sites for hydroxylation is 1. The van der Waals surface area contributed by atoms with Crippen molar-refractivity contribution >= 4 is 11.7 Å². The van der Waals surface area contributed by atoms with E-state index in [4.69, 9.17) is 0 Å². The SMILES string of the molecule is Cc1ccc2c(c1)CCN2C(=O)N(C)C. The van der Waals surface area contributed by atoms with E-state index in [1.807, 2.05) is 11.0 Å². The lowest BCUT2D eigenvalue weighted by atomic mass is 10.1. The Labute approximate surface area is 90.3 Å². The number of urea groups is 1. The van der Waals surface area contributed by atoms with Crippen LogP contribution in [0, 0.1) is 6.92 Å². The minimum atomic E-state index is 0.0672. The van der Waals surface area contributed by atoms with Gasteiger partial charge in [0.1, 0.15) is 0 Å². The van der Waals surface area contributed by atoms with Crippen LogP contribution in [0.4, 0.5) is 10.5 Å². The summed E-state index contributed by atoms with van der Waals surface area (Å²) in [6, 6.07) is 6.33. The molecule has 80 valence electrons. The van der Waals surface area contributed by atoms with Crippen LogP contribution in [-0.2, 0) is 6.42 Å². The molecular formula is C12H16N2O. The highest BCUT2D eigenvalue weighted by atomic mass is 16.2. The number of fused-ring (bicyclic) bond motifs is 1. The topological polar surface area (TPSA) is 23.6 Å². The molecule has 0 atom stereocenters. The van der Waals surface area contributed by atoms with Crippen molar-refractivity contribution in [3.05, 3.63) is 29.3 Å². The number of amides is 2. The van der Waals surface area contributed by atoms with Gasteiger partial charge in [-0.3, -0.25) is 4.90 Å². The third-order valence-corrected chi connectivity index (χ3v) is 2.74. The van der Waals surface area contributed by atoms with Crippen molar-refractivity contribution in [3.8, 4) is 0 Å². The second-order valence-corrected chi connectivity index (χ2v) is 4.21. The van der Waals surface area contributed by atoms with Crippen LogP contribution in [0.15, 0.2) is 18.2 Å². The molecule has 0 N–H and O–H groups in total. The third kappa shape index (κ3) is 1.69. The molecule has 0 saturated carbocycles. The second-order valence-electron chi connectivity index (χ2n) is 4.21. The number of carbonyl (C=O) groups is 1. The zero-order valence-electron chi connectivity index (χ0n) is 9.45. The molecule has 1 aromatic rings. The van der Waals surface area contributed by atoms with Gasteiger partial charge in [-0.15, -0.1) is 0 Å². The Morgan fingerprint density at radius 1 is 1.40 bits per heavy atom. The van der Waals surface area contributed by atoms with E-state index < -0.39 is 0 Å². The van der Waals surface area contributed by atoms with E-state index in [0.29, 0.717) is 0 Å². The van der Waals surface area contributed by atoms with Crippen LogP contribution in [-0.4, -0.2) is 31.6 Å². The smallest absolute Gasteiger partial charge is 0.323 e. The van der Waals surface area contributed by atoms with Crippen molar-refractivity contribution in [1.29, 1.82) is 0 Å². The predicted octanol–water partition coefficient (Wildman–Crippen LogP) is 2.04. The largest absolute Gasteiger partial charge is 0.330 e. The van der Waals surface area contributed by atoms with Crippen LogP contribution < -0.4 is 4.90 Å². The van der Waals surface area contributed by atoms with Gasteiger partial charge in [-0.05, 0) is 25.0 Å². The maximum atomic E-state index is 11.8. The number of nitrogens with zero attached hydrogens (tertiary/aromatic N) is 2. The number of hydrogen-bond acceptors (Lipinski definition) is 1. The first-order chi connectivity index (χ1) is 7.09. The fourth-order valence-electron chi connectivity index (χ4n) is 1.97. The zero-order valence-corrected chi connectivity index (χ0v) is 9.45. The van der Waals surface area contributed by atoms with Gasteiger partial charge in [0.15, 0.2) is 0 Å². The Balaban J connectivity index is 2.33. The van der Waals surface area contributed by atoms with Crippen molar-refractivity contribution in [1.82, 2.24) is 4.90 Å². The minimum absolute atomic E-state index is 0.0672. The van der Waals surface area contributed by atoms with Gasteiger partial charge in [-0.2, -0.15) is 0 Å². The monoisotopic (exact) mass is 204 g/mol. The number of anilines is 1. The molecule has 0 saturated heterocycles. The Hall–Kier alpha value is -1.51. The maximum Gasteiger partial charge on any atom is 0.323 e. The molecule has 1 aliphatic heterocycles. The molecule has 1 heterocycles. The first kappa shape index (κ1) is 10.0. The van der Waals surface area contributed by atoms with Crippen LogP contribution in [0.1, 0.15) is 11.1 Å². The van der Waals surface area contributed by atoms with E-state index in [9.17, 15) is 4.79 Å². The number of hydrogen-bond donors (Lipinski definition) is 0. The summed E-state index contributed by atoms with van der Waals surface area (Å²) in [6.07, 6.45) is 0.969. The molecule has 0 aliphatic carbocycles. The van der Waals surface area contributed by atoms with Gasteiger partial charge in [0.05, 0.1) is 0 Å². The standard InChI is InChI=1S/C12H16N2O/c1-9-4-5-11-10(8-9)6-7-14(11)12(15)13(2)3/h4-5,8H,6-7H2,1-3H3. The van der Waals surface area contributed by atoms with Gasteiger partial charge in [-0.25, -0.2) is 4.79 Å². The number of carbonyl (C=O) groups excluding carboxylic acids is 1. The van der Waals surface area contributed by atoms with Gasteiger partial charge in [0.2, 0.25) is 0 Å². The van der Waals surface area contributed by atoms with Gasteiger partial charge < -0.3 is 4.90 Å². The molecule has 1 aromatic carbocycles. The zero-order chi connectivity index (χ0) is 11.0. The summed E-state index contributed by atoms with van der Waals surface area (Å²) in [5.41, 5.74) is 3.61. The van der Waals surface area contributed by atoms with E-state index in [-0.39, 0.29) is 6.03 Å². The normalized spacial score (nSPS) is 13.9. The highest BCUT2D eigenvalue weighted by molar-refractivity contribution is 5.93. The highest BCUT2D eigenvalue weighted by Gasteiger charge is 2.25. The molecule has 0 aromatic heterocycles. The van der Waals surface area contributed by atoms with E-state index >= 15 is 0 Å². The third-order valence-electron chi connectivity index (χ3n) is 2.74. The Morgan fingerprint density at radius 3 is 2.80 bits per heavy atom. The summed E-state index contributed by atoms with van der Waals surface area (Å²) in [5.74, 6) is 0. The van der Waals surface area contributed by atoms with E-state index in [0.717, 1.165) is 18.7 Å². The lowest BCUT2D eigenvalue weighted by molar-refractivity contribution is 0.224. The molecule has 1 aliphatic rings. The van der Waals surface area contributed by atoms with Gasteiger partial charge >= 0.3 is 6.03 Å². The van der Waals surface area contributed by atoms with Crippen molar-refractivity contribution in [2.24, 2.45) is 0 Å². The quantitative estimate of drug-likeness (QED) is 0.634. The molecule has 0 bridgehead atoms. The Morgan fingerprint density at radius 2 is 2.13 bits per heavy atom. The van der Waals surface area contributed by atoms with E-state index in [1.54, 1.807) is 19.0 Å². The van der Waals surface area contributed by atoms with Crippen molar-refractivity contribution in [2.45, 2.75) is 13.3 Å². The lowest BCUT2D eigenvalue weighted by Crippen LogP contribution is -2.38. The van der Waals surface area contributed by atoms with Crippen LogP contribution in [0.25, 0.3) is 0 Å². The molecule has 15 heavy (non-hydrogen) atoms. The Kier molecular flexibility index (Phi) is 2.39. The molecule has 0 radical (unpaired) electrons. The fraction of sp³-hybridized carbons (Fsp3) is 0.417. The molecule has 0 unspecified atom stereocenters. The maximum absolute atomic E-state index is 11.8.